The molecule has 0 spiro atoms. The van der Waals surface area contributed by atoms with Gasteiger partial charge in [0.25, 0.3) is 0 Å². The van der Waals surface area contributed by atoms with Crippen LogP contribution in [-0.2, 0) is 10.3 Å². The van der Waals surface area contributed by atoms with E-state index < -0.39 is 5.60 Å². The summed E-state index contributed by atoms with van der Waals surface area (Å²) in [4.78, 5) is 0. The van der Waals surface area contributed by atoms with Crippen LogP contribution in [0.25, 0.3) is 0 Å². The van der Waals surface area contributed by atoms with Gasteiger partial charge in [-0.3, -0.25) is 0 Å². The fraction of sp³-hybridized carbons (Fsp3) is 0.259. The second kappa shape index (κ2) is 9.40. The SMILES string of the molecule is C#CC(OC(c1ccccc1)(c1ccccc1)c1ccccc1)C(CC)CC. The lowest BCUT2D eigenvalue weighted by atomic mass is 9.79. The maximum atomic E-state index is 6.95. The summed E-state index contributed by atoms with van der Waals surface area (Å²) in [5, 5.41) is 0. The molecule has 0 bridgehead atoms. The van der Waals surface area contributed by atoms with Crippen molar-refractivity contribution in [3.8, 4) is 12.3 Å². The molecule has 0 aliphatic carbocycles. The molecule has 1 nitrogen and oxygen atoms in total. The third-order valence-electron chi connectivity index (χ3n) is 5.49. The van der Waals surface area contributed by atoms with Crippen LogP contribution in [0.4, 0.5) is 0 Å². The lowest BCUT2D eigenvalue weighted by Crippen LogP contribution is -2.39. The molecule has 3 rings (SSSR count). The molecule has 0 saturated carbocycles. The fourth-order valence-electron chi connectivity index (χ4n) is 3.90. The number of hydrogen-bond acceptors (Lipinski definition) is 1. The quantitative estimate of drug-likeness (QED) is 0.329. The van der Waals surface area contributed by atoms with Crippen LogP contribution in [0.1, 0.15) is 43.4 Å². The zero-order chi connectivity index (χ0) is 19.8. The van der Waals surface area contributed by atoms with Crippen molar-refractivity contribution in [3.63, 3.8) is 0 Å². The number of ether oxygens (including phenoxy) is 1. The van der Waals surface area contributed by atoms with Gasteiger partial charge in [0.2, 0.25) is 0 Å². The van der Waals surface area contributed by atoms with Crippen molar-refractivity contribution in [3.05, 3.63) is 108 Å². The predicted molar refractivity (Wildman–Crippen MR) is 117 cm³/mol. The molecule has 0 N–H and O–H groups in total. The first-order chi connectivity index (χ1) is 13.8. The first-order valence-corrected chi connectivity index (χ1v) is 10.1. The first kappa shape index (κ1) is 19.9. The predicted octanol–water partition coefficient (Wildman–Crippen LogP) is 6.43. The van der Waals surface area contributed by atoms with E-state index >= 15 is 0 Å². The molecule has 0 aromatic heterocycles. The lowest BCUT2D eigenvalue weighted by molar-refractivity contribution is -0.0467. The molecule has 1 heteroatoms. The number of hydrogen-bond donors (Lipinski definition) is 0. The van der Waals surface area contributed by atoms with E-state index in [4.69, 9.17) is 11.2 Å². The molecule has 0 fully saturated rings. The summed E-state index contributed by atoms with van der Waals surface area (Å²) >= 11 is 0. The van der Waals surface area contributed by atoms with Crippen LogP contribution in [-0.4, -0.2) is 6.10 Å². The minimum Gasteiger partial charge on any atom is -0.345 e. The Morgan fingerprint density at radius 2 is 1.07 bits per heavy atom. The highest BCUT2D eigenvalue weighted by Gasteiger charge is 2.40. The zero-order valence-electron chi connectivity index (χ0n) is 16.7. The summed E-state index contributed by atoms with van der Waals surface area (Å²) < 4.78 is 6.95. The van der Waals surface area contributed by atoms with Crippen LogP contribution in [0, 0.1) is 18.3 Å². The topological polar surface area (TPSA) is 9.23 Å². The van der Waals surface area contributed by atoms with Crippen LogP contribution in [0.3, 0.4) is 0 Å². The van der Waals surface area contributed by atoms with Crippen LogP contribution in [0.2, 0.25) is 0 Å². The molecule has 0 amide bonds. The van der Waals surface area contributed by atoms with Gasteiger partial charge in [0, 0.05) is 0 Å². The monoisotopic (exact) mass is 368 g/mol. The minimum atomic E-state index is -0.761. The van der Waals surface area contributed by atoms with Crippen LogP contribution < -0.4 is 0 Å². The molecule has 0 saturated heterocycles. The third kappa shape index (κ3) is 3.88. The van der Waals surface area contributed by atoms with Gasteiger partial charge in [0.1, 0.15) is 11.7 Å². The fourth-order valence-corrected chi connectivity index (χ4v) is 3.90. The smallest absolute Gasteiger partial charge is 0.145 e. The maximum Gasteiger partial charge on any atom is 0.145 e. The molecule has 1 atom stereocenters. The molecule has 3 aromatic carbocycles. The van der Waals surface area contributed by atoms with Gasteiger partial charge >= 0.3 is 0 Å². The van der Waals surface area contributed by atoms with E-state index in [2.05, 4.69) is 92.6 Å². The molecule has 142 valence electrons. The molecule has 0 aliphatic heterocycles. The van der Waals surface area contributed by atoms with Gasteiger partial charge in [-0.05, 0) is 35.4 Å². The number of rotatable bonds is 8. The minimum absolute atomic E-state index is 0.282. The van der Waals surface area contributed by atoms with Gasteiger partial charge < -0.3 is 4.74 Å². The van der Waals surface area contributed by atoms with Gasteiger partial charge in [-0.25, -0.2) is 0 Å². The molecular weight excluding hydrogens is 340 g/mol. The van der Waals surface area contributed by atoms with Gasteiger partial charge in [-0.2, -0.15) is 0 Å². The summed E-state index contributed by atoms with van der Waals surface area (Å²) in [5.41, 5.74) is 2.49. The van der Waals surface area contributed by atoms with Crippen LogP contribution >= 0.6 is 0 Å². The summed E-state index contributed by atoms with van der Waals surface area (Å²) in [7, 11) is 0. The second-order valence-corrected chi connectivity index (χ2v) is 7.06. The van der Waals surface area contributed by atoms with E-state index in [1.165, 1.54) is 0 Å². The Hall–Kier alpha value is -2.82. The van der Waals surface area contributed by atoms with Crippen LogP contribution in [0.5, 0.6) is 0 Å². The van der Waals surface area contributed by atoms with Crippen molar-refractivity contribution in [1.82, 2.24) is 0 Å². The van der Waals surface area contributed by atoms with Crippen molar-refractivity contribution in [2.45, 2.75) is 38.4 Å². The molecule has 3 aromatic rings. The van der Waals surface area contributed by atoms with Gasteiger partial charge in [0.15, 0.2) is 0 Å². The Labute approximate surface area is 169 Å². The summed E-state index contributed by atoms with van der Waals surface area (Å²) in [6, 6.07) is 31.2. The number of terminal acetylenes is 1. The van der Waals surface area contributed by atoms with E-state index in [9.17, 15) is 0 Å². The molecule has 1 unspecified atom stereocenters. The van der Waals surface area contributed by atoms with Gasteiger partial charge in [-0.1, -0.05) is 111 Å². The van der Waals surface area contributed by atoms with E-state index in [1.54, 1.807) is 0 Å². The van der Waals surface area contributed by atoms with Crippen LogP contribution in [0.15, 0.2) is 91.0 Å². The summed E-state index contributed by atoms with van der Waals surface area (Å²) in [6.07, 6.45) is 7.68. The maximum absolute atomic E-state index is 6.95. The van der Waals surface area contributed by atoms with Gasteiger partial charge in [0.05, 0.1) is 0 Å². The van der Waals surface area contributed by atoms with E-state index in [0.717, 1.165) is 29.5 Å². The Bertz CT molecular complexity index is 777. The Balaban J connectivity index is 2.27. The average molecular weight is 369 g/mol. The van der Waals surface area contributed by atoms with Crippen molar-refractivity contribution in [1.29, 1.82) is 0 Å². The molecule has 0 radical (unpaired) electrons. The number of benzene rings is 3. The zero-order valence-corrected chi connectivity index (χ0v) is 16.7. The Kier molecular flexibility index (Phi) is 6.69. The third-order valence-corrected chi connectivity index (χ3v) is 5.49. The molecular formula is C27H28O. The Morgan fingerprint density at radius 3 is 1.36 bits per heavy atom. The average Bonchev–Trinajstić information content (AvgIpc) is 2.78. The van der Waals surface area contributed by atoms with Crippen molar-refractivity contribution < 1.29 is 4.74 Å². The normalized spacial score (nSPS) is 12.5. The summed E-state index contributed by atoms with van der Waals surface area (Å²) in [5.74, 6) is 3.25. The molecule has 0 aliphatic rings. The molecule has 28 heavy (non-hydrogen) atoms. The van der Waals surface area contributed by atoms with E-state index in [0.29, 0.717) is 5.92 Å². The van der Waals surface area contributed by atoms with E-state index in [1.807, 2.05) is 18.2 Å². The lowest BCUT2D eigenvalue weighted by Gasteiger charge is -2.39. The Morgan fingerprint density at radius 1 is 0.714 bits per heavy atom. The van der Waals surface area contributed by atoms with Crippen molar-refractivity contribution in [2.24, 2.45) is 5.92 Å². The molecule has 0 heterocycles. The summed E-state index contributed by atoms with van der Waals surface area (Å²) in [6.45, 7) is 4.36. The standard InChI is InChI=1S/C27H28O/c1-4-22(5-2)26(6-3)28-27(23-16-10-7-11-17-23,24-18-12-8-13-19-24)25-20-14-9-15-21-25/h3,7-22,26H,4-5H2,1-2H3. The second-order valence-electron chi connectivity index (χ2n) is 7.06. The van der Waals surface area contributed by atoms with Crippen molar-refractivity contribution in [2.75, 3.05) is 0 Å². The highest BCUT2D eigenvalue weighted by atomic mass is 16.5. The van der Waals surface area contributed by atoms with E-state index in [-0.39, 0.29) is 6.10 Å². The highest BCUT2D eigenvalue weighted by molar-refractivity contribution is 5.47. The van der Waals surface area contributed by atoms with Crippen molar-refractivity contribution >= 4 is 0 Å². The first-order valence-electron chi connectivity index (χ1n) is 10.1. The largest absolute Gasteiger partial charge is 0.345 e. The highest BCUT2D eigenvalue weighted by Crippen LogP contribution is 2.42. The van der Waals surface area contributed by atoms with Gasteiger partial charge in [-0.15, -0.1) is 6.42 Å².